The smallest absolute Gasteiger partial charge is 0.422 e. The van der Waals surface area contributed by atoms with Crippen molar-refractivity contribution in [1.82, 2.24) is 5.32 Å². The highest BCUT2D eigenvalue weighted by atomic mass is 31.2. The first-order valence-corrected chi connectivity index (χ1v) is 12.7. The van der Waals surface area contributed by atoms with Crippen molar-refractivity contribution in [3.63, 3.8) is 0 Å². The number of nitrogens with zero attached hydrogens (tertiary/aromatic N) is 1. The molecule has 0 aliphatic rings. The second kappa shape index (κ2) is 10.2. The summed E-state index contributed by atoms with van der Waals surface area (Å²) >= 11 is 0. The molecular formula is C26H26N2O7P+. The van der Waals surface area contributed by atoms with Crippen LogP contribution in [0, 0.1) is 13.8 Å². The number of hydrogen-bond acceptors (Lipinski definition) is 5. The Morgan fingerprint density at radius 1 is 0.944 bits per heavy atom. The molecule has 4 aromatic rings. The number of phosphoric ester groups is 1. The third-order valence-corrected chi connectivity index (χ3v) is 6.36. The number of esters is 1. The summed E-state index contributed by atoms with van der Waals surface area (Å²) in [7, 11) is -2.64. The molecule has 0 spiro atoms. The first-order chi connectivity index (χ1) is 17.1. The number of fused-ring (bicyclic) bond motifs is 2. The molecule has 0 aliphatic heterocycles. The van der Waals surface area contributed by atoms with E-state index in [1.807, 2.05) is 60.1 Å². The average molecular weight is 509 g/mol. The quantitative estimate of drug-likeness (QED) is 0.0870. The molecule has 186 valence electrons. The number of nitrogens with one attached hydrogen (secondary N) is 1. The summed E-state index contributed by atoms with van der Waals surface area (Å²) < 4.78 is 23.0. The molecule has 0 aliphatic carbocycles. The van der Waals surface area contributed by atoms with E-state index in [4.69, 9.17) is 14.5 Å². The molecule has 3 N–H and O–H groups in total. The van der Waals surface area contributed by atoms with E-state index in [9.17, 15) is 14.2 Å². The Bertz CT molecular complexity index is 1460. The summed E-state index contributed by atoms with van der Waals surface area (Å²) in [4.78, 5) is 43.5. The Morgan fingerprint density at radius 3 is 2.00 bits per heavy atom. The molecule has 9 nitrogen and oxygen atoms in total. The topological polar surface area (TPSA) is 126 Å². The summed E-state index contributed by atoms with van der Waals surface area (Å²) in [6.45, 7) is 3.07. The lowest BCUT2D eigenvalue weighted by Gasteiger charge is -2.15. The predicted octanol–water partition coefficient (Wildman–Crippen LogP) is 3.49. The molecule has 36 heavy (non-hydrogen) atoms. The number of phosphoric acid groups is 1. The number of aromatic nitrogens is 1. The summed E-state index contributed by atoms with van der Waals surface area (Å²) in [5.41, 5.74) is 3.76. The number of benzene rings is 3. The SMILES string of the molecule is Cc1cc(C(=O)NCCOP(=O)(O)O)cc(C)c1OC(=O)c1c2ccccc2[n+](C)c2ccccc12. The van der Waals surface area contributed by atoms with Crippen molar-refractivity contribution in [3.8, 4) is 5.75 Å². The largest absolute Gasteiger partial charge is 0.469 e. The fourth-order valence-corrected chi connectivity index (χ4v) is 4.60. The molecule has 3 aromatic carbocycles. The van der Waals surface area contributed by atoms with Gasteiger partial charge in [-0.15, -0.1) is 0 Å². The lowest BCUT2D eigenvalue weighted by atomic mass is 10.0. The van der Waals surface area contributed by atoms with E-state index in [0.717, 1.165) is 21.8 Å². The summed E-state index contributed by atoms with van der Waals surface area (Å²) in [5.74, 6) is -0.579. The lowest BCUT2D eigenvalue weighted by molar-refractivity contribution is -0.617. The Kier molecular flexibility index (Phi) is 7.19. The Morgan fingerprint density at radius 2 is 1.47 bits per heavy atom. The molecule has 0 unspecified atom stereocenters. The molecule has 1 heterocycles. The standard InChI is InChI=1S/C26H25N2O7P/c1-16-14-18(25(29)27-12-13-34-36(31,32)33)15-17(2)24(16)35-26(30)23-19-8-4-6-10-21(19)28(3)22-11-7-5-9-20(22)23/h4-11,14-15H,12-13H2,1-3H3,(H2-,27,29,31,32,33)/p+1. The van der Waals surface area contributed by atoms with Gasteiger partial charge in [0, 0.05) is 24.2 Å². The summed E-state index contributed by atoms with van der Waals surface area (Å²) in [6.07, 6.45) is 0. The number of carbonyl (C=O) groups excluding carboxylic acids is 2. The van der Waals surface area contributed by atoms with Gasteiger partial charge in [0.2, 0.25) is 11.0 Å². The van der Waals surface area contributed by atoms with Gasteiger partial charge in [-0.25, -0.2) is 9.36 Å². The zero-order chi connectivity index (χ0) is 26.0. The van der Waals surface area contributed by atoms with Crippen LogP contribution in [0.25, 0.3) is 21.8 Å². The van der Waals surface area contributed by atoms with Gasteiger partial charge in [-0.05, 0) is 49.2 Å². The maximum absolute atomic E-state index is 13.5. The van der Waals surface area contributed by atoms with Crippen molar-refractivity contribution in [1.29, 1.82) is 0 Å². The van der Waals surface area contributed by atoms with Gasteiger partial charge < -0.3 is 19.8 Å². The first kappa shape index (κ1) is 25.5. The van der Waals surface area contributed by atoms with Crippen molar-refractivity contribution in [3.05, 3.63) is 82.9 Å². The molecule has 4 rings (SSSR count). The lowest BCUT2D eigenvalue weighted by Crippen LogP contribution is -2.31. The molecule has 0 saturated carbocycles. The van der Waals surface area contributed by atoms with Crippen LogP contribution >= 0.6 is 7.82 Å². The number of amides is 1. The first-order valence-electron chi connectivity index (χ1n) is 11.2. The molecule has 1 amide bonds. The van der Waals surface area contributed by atoms with Gasteiger partial charge in [0.15, 0.2) is 0 Å². The molecular weight excluding hydrogens is 483 g/mol. The fraction of sp³-hybridized carbons (Fsp3) is 0.192. The number of hydrogen-bond donors (Lipinski definition) is 3. The monoisotopic (exact) mass is 509 g/mol. The molecule has 0 radical (unpaired) electrons. The van der Waals surface area contributed by atoms with Crippen molar-refractivity contribution >= 4 is 41.5 Å². The third kappa shape index (κ3) is 5.29. The highest BCUT2D eigenvalue weighted by molar-refractivity contribution is 7.46. The van der Waals surface area contributed by atoms with E-state index in [1.165, 1.54) is 0 Å². The fourth-order valence-electron chi connectivity index (χ4n) is 4.27. The maximum atomic E-state index is 13.5. The number of aryl methyl sites for hydroxylation is 3. The Hall–Kier alpha value is -3.62. The van der Waals surface area contributed by atoms with Gasteiger partial charge in [0.05, 0.1) is 22.9 Å². The molecule has 0 atom stereocenters. The second-order valence-electron chi connectivity index (χ2n) is 8.38. The predicted molar refractivity (Wildman–Crippen MR) is 134 cm³/mol. The minimum atomic E-state index is -4.59. The highest BCUT2D eigenvalue weighted by Gasteiger charge is 2.25. The van der Waals surface area contributed by atoms with Crippen LogP contribution in [0.15, 0.2) is 60.7 Å². The molecule has 0 fully saturated rings. The normalized spacial score (nSPS) is 11.6. The van der Waals surface area contributed by atoms with Crippen LogP contribution in [0.1, 0.15) is 31.8 Å². The van der Waals surface area contributed by atoms with Gasteiger partial charge in [-0.3, -0.25) is 9.32 Å². The second-order valence-corrected chi connectivity index (χ2v) is 9.62. The van der Waals surface area contributed by atoms with Crippen molar-refractivity contribution < 1.29 is 37.8 Å². The van der Waals surface area contributed by atoms with E-state index in [2.05, 4.69) is 9.84 Å². The van der Waals surface area contributed by atoms with Crippen LogP contribution in [0.4, 0.5) is 0 Å². The van der Waals surface area contributed by atoms with Gasteiger partial charge in [0.1, 0.15) is 12.8 Å². The zero-order valence-corrected chi connectivity index (χ0v) is 20.9. The number of para-hydroxylation sites is 2. The number of rotatable bonds is 7. The van der Waals surface area contributed by atoms with Crippen LogP contribution in [-0.2, 0) is 16.1 Å². The van der Waals surface area contributed by atoms with Gasteiger partial charge in [-0.1, -0.05) is 24.3 Å². The van der Waals surface area contributed by atoms with Crippen molar-refractivity contribution in [2.45, 2.75) is 13.8 Å². The van der Waals surface area contributed by atoms with E-state index >= 15 is 0 Å². The van der Waals surface area contributed by atoms with Gasteiger partial charge >= 0.3 is 13.8 Å². The zero-order valence-electron chi connectivity index (χ0n) is 20.0. The molecule has 0 bridgehead atoms. The maximum Gasteiger partial charge on any atom is 0.469 e. The van der Waals surface area contributed by atoms with Gasteiger partial charge in [0.25, 0.3) is 5.91 Å². The molecule has 1 aromatic heterocycles. The third-order valence-electron chi connectivity index (χ3n) is 5.84. The average Bonchev–Trinajstić information content (AvgIpc) is 2.83. The minimum absolute atomic E-state index is 0.0790. The van der Waals surface area contributed by atoms with E-state index in [1.54, 1.807) is 26.0 Å². The Balaban J connectivity index is 1.62. The number of pyridine rings is 1. The summed E-state index contributed by atoms with van der Waals surface area (Å²) in [6, 6.07) is 18.5. The Labute approximate surface area is 207 Å². The highest BCUT2D eigenvalue weighted by Crippen LogP contribution is 2.35. The number of ether oxygens (including phenoxy) is 1. The van der Waals surface area contributed by atoms with Crippen LogP contribution in [-0.4, -0.2) is 34.8 Å². The van der Waals surface area contributed by atoms with E-state index in [-0.39, 0.29) is 13.2 Å². The van der Waals surface area contributed by atoms with E-state index < -0.39 is 19.7 Å². The number of carbonyl (C=O) groups is 2. The van der Waals surface area contributed by atoms with Crippen LogP contribution in [0.2, 0.25) is 0 Å². The molecule has 0 saturated heterocycles. The minimum Gasteiger partial charge on any atom is -0.422 e. The van der Waals surface area contributed by atoms with Crippen molar-refractivity contribution in [2.24, 2.45) is 7.05 Å². The van der Waals surface area contributed by atoms with Crippen LogP contribution in [0.5, 0.6) is 5.75 Å². The van der Waals surface area contributed by atoms with Crippen LogP contribution in [0.3, 0.4) is 0 Å². The van der Waals surface area contributed by atoms with Crippen LogP contribution < -0.4 is 14.6 Å². The van der Waals surface area contributed by atoms with E-state index in [0.29, 0.717) is 28.0 Å². The molecule has 10 heteroatoms. The van der Waals surface area contributed by atoms with Crippen molar-refractivity contribution in [2.75, 3.05) is 13.2 Å². The summed E-state index contributed by atoms with van der Waals surface area (Å²) in [5, 5.41) is 4.08. The van der Waals surface area contributed by atoms with Gasteiger partial charge in [-0.2, -0.15) is 4.57 Å².